The molecule has 5 rings (SSSR count). The number of aromatic nitrogens is 3. The number of carbonyl (C=O) groups excluding carboxylic acids is 1. The van der Waals surface area contributed by atoms with E-state index in [1.165, 1.54) is 6.07 Å². The molecular formula is C28H31N5O6S2. The molecule has 1 unspecified atom stereocenters. The van der Waals surface area contributed by atoms with Crippen LogP contribution in [0.5, 0.6) is 0 Å². The number of rotatable bonds is 7. The van der Waals surface area contributed by atoms with Gasteiger partial charge >= 0.3 is 0 Å². The van der Waals surface area contributed by atoms with E-state index < -0.39 is 25.6 Å². The number of likely N-dealkylation sites (tertiary alicyclic amines) is 1. The molecule has 0 aliphatic carbocycles. The van der Waals surface area contributed by atoms with Crippen LogP contribution in [0.3, 0.4) is 0 Å². The van der Waals surface area contributed by atoms with E-state index in [4.69, 9.17) is 10.00 Å². The van der Waals surface area contributed by atoms with Gasteiger partial charge in [0.2, 0.25) is 0 Å². The Hall–Kier alpha value is -3.60. The maximum atomic E-state index is 13.8. The highest BCUT2D eigenvalue weighted by Crippen LogP contribution is 2.34. The van der Waals surface area contributed by atoms with Crippen LogP contribution in [0.1, 0.15) is 52.5 Å². The second-order valence-electron chi connectivity index (χ2n) is 10.7. The Morgan fingerprint density at radius 1 is 1.02 bits per heavy atom. The second-order valence-corrected chi connectivity index (χ2v) is 14.7. The number of hydrogen-bond donors (Lipinski definition) is 1. The molecule has 13 heteroatoms. The van der Waals surface area contributed by atoms with Gasteiger partial charge in [-0.05, 0) is 60.9 Å². The summed E-state index contributed by atoms with van der Waals surface area (Å²) in [6.45, 7) is 2.07. The summed E-state index contributed by atoms with van der Waals surface area (Å²) < 4.78 is 56.7. The molecule has 216 valence electrons. The molecular weight excluding hydrogens is 566 g/mol. The lowest BCUT2D eigenvalue weighted by atomic mass is 9.89. The van der Waals surface area contributed by atoms with Crippen molar-refractivity contribution in [2.24, 2.45) is 5.92 Å². The lowest BCUT2D eigenvalue weighted by Gasteiger charge is -2.33. The highest BCUT2D eigenvalue weighted by Gasteiger charge is 2.31. The molecule has 1 N–H and O–H groups in total. The summed E-state index contributed by atoms with van der Waals surface area (Å²) in [6.07, 6.45) is 4.72. The number of benzene rings is 2. The van der Waals surface area contributed by atoms with Crippen LogP contribution in [-0.2, 0) is 30.8 Å². The van der Waals surface area contributed by atoms with Crippen molar-refractivity contribution in [2.75, 3.05) is 38.8 Å². The van der Waals surface area contributed by atoms with E-state index in [9.17, 15) is 21.6 Å². The molecule has 2 saturated heterocycles. The third-order valence-corrected chi connectivity index (χ3v) is 9.97. The number of nitriles is 1. The minimum absolute atomic E-state index is 0.0946. The van der Waals surface area contributed by atoms with E-state index in [1.807, 2.05) is 12.1 Å². The first kappa shape index (κ1) is 28.9. The normalized spacial score (nSPS) is 18.4. The molecule has 2 fully saturated rings. The zero-order valence-electron chi connectivity index (χ0n) is 22.8. The lowest BCUT2D eigenvalue weighted by molar-refractivity contribution is 0.0709. The molecule has 41 heavy (non-hydrogen) atoms. The van der Waals surface area contributed by atoms with Gasteiger partial charge in [0.25, 0.3) is 5.91 Å². The Bertz CT molecular complexity index is 1710. The number of piperidine rings is 1. The highest BCUT2D eigenvalue weighted by molar-refractivity contribution is 7.91. The first-order valence-corrected chi connectivity index (χ1v) is 17.1. The van der Waals surface area contributed by atoms with Gasteiger partial charge in [0.15, 0.2) is 25.5 Å². The summed E-state index contributed by atoms with van der Waals surface area (Å²) in [5.41, 5.74) is 1.65. The number of hydrogen-bond acceptors (Lipinski definition) is 9. The Morgan fingerprint density at radius 2 is 1.71 bits per heavy atom. The minimum atomic E-state index is -3.97. The van der Waals surface area contributed by atoms with Crippen LogP contribution in [-0.4, -0.2) is 81.6 Å². The fraction of sp³-hybridized carbons (Fsp3) is 0.429. The summed E-state index contributed by atoms with van der Waals surface area (Å²) in [7, 11) is -7.87. The fourth-order valence-electron chi connectivity index (χ4n) is 5.47. The van der Waals surface area contributed by atoms with E-state index in [1.54, 1.807) is 17.0 Å². The van der Waals surface area contributed by atoms with Crippen molar-refractivity contribution >= 4 is 25.6 Å². The Kier molecular flexibility index (Phi) is 8.00. The van der Waals surface area contributed by atoms with Gasteiger partial charge in [0.1, 0.15) is 5.82 Å². The molecule has 0 spiro atoms. The molecule has 0 bridgehead atoms. The predicted octanol–water partition coefficient (Wildman–Crippen LogP) is 2.75. The predicted molar refractivity (Wildman–Crippen MR) is 150 cm³/mol. The Labute approximate surface area is 239 Å². The van der Waals surface area contributed by atoms with Crippen molar-refractivity contribution in [3.8, 4) is 17.5 Å². The van der Waals surface area contributed by atoms with Gasteiger partial charge < -0.3 is 14.6 Å². The van der Waals surface area contributed by atoms with Crippen LogP contribution < -0.4 is 0 Å². The molecule has 2 aromatic carbocycles. The fourth-order valence-corrected chi connectivity index (χ4v) is 7.31. The van der Waals surface area contributed by atoms with Crippen molar-refractivity contribution in [2.45, 2.75) is 41.4 Å². The van der Waals surface area contributed by atoms with Gasteiger partial charge in [-0.25, -0.2) is 16.8 Å². The van der Waals surface area contributed by atoms with E-state index in [0.717, 1.165) is 30.6 Å². The first-order valence-electron chi connectivity index (χ1n) is 13.3. The number of H-pyrrole nitrogens is 1. The monoisotopic (exact) mass is 597 g/mol. The quantitative estimate of drug-likeness (QED) is 0.431. The van der Waals surface area contributed by atoms with Crippen molar-refractivity contribution in [1.29, 1.82) is 5.26 Å². The third kappa shape index (κ3) is 6.34. The molecule has 1 amide bonds. The van der Waals surface area contributed by atoms with Crippen LogP contribution >= 0.6 is 0 Å². The number of nitrogens with one attached hydrogen (secondary N) is 1. The zero-order valence-corrected chi connectivity index (χ0v) is 24.5. The zero-order chi connectivity index (χ0) is 29.4. The smallest absolute Gasteiger partial charge is 0.255 e. The Morgan fingerprint density at radius 3 is 2.29 bits per heavy atom. The summed E-state index contributed by atoms with van der Waals surface area (Å²) in [4.78, 5) is 17.9. The number of carbonyl (C=O) groups is 1. The number of aromatic amines is 1. The van der Waals surface area contributed by atoms with E-state index in [-0.39, 0.29) is 38.6 Å². The minimum Gasteiger partial charge on any atom is -0.381 e. The summed E-state index contributed by atoms with van der Waals surface area (Å²) in [6, 6.07) is 11.9. The SMILES string of the molecule is CS(=O)(=O)c1cc(S(C)(=O)=O)c(-c2nnc(CC3CCOC3)[nH]2)cc1C(=O)N1CCC(c2ccc(C#N)cc2)CC1. The number of nitrogens with zero attached hydrogens (tertiary/aromatic N) is 4. The van der Waals surface area contributed by atoms with Crippen molar-refractivity contribution in [3.05, 3.63) is 58.9 Å². The number of ether oxygens (including phenoxy) is 1. The van der Waals surface area contributed by atoms with Crippen LogP contribution in [0.4, 0.5) is 0 Å². The van der Waals surface area contributed by atoms with Crippen LogP contribution in [0.2, 0.25) is 0 Å². The molecule has 3 aromatic rings. The molecule has 1 atom stereocenters. The van der Waals surface area contributed by atoms with Crippen molar-refractivity contribution in [1.82, 2.24) is 20.1 Å². The van der Waals surface area contributed by atoms with Gasteiger partial charge in [-0.1, -0.05) is 12.1 Å². The van der Waals surface area contributed by atoms with Crippen LogP contribution in [0.25, 0.3) is 11.4 Å². The number of sulfone groups is 2. The topological polar surface area (TPSA) is 163 Å². The highest BCUT2D eigenvalue weighted by atomic mass is 32.2. The van der Waals surface area contributed by atoms with Crippen molar-refractivity contribution in [3.63, 3.8) is 0 Å². The molecule has 0 radical (unpaired) electrons. The van der Waals surface area contributed by atoms with Crippen LogP contribution in [0, 0.1) is 17.2 Å². The van der Waals surface area contributed by atoms with Gasteiger partial charge in [-0.2, -0.15) is 5.26 Å². The Balaban J connectivity index is 1.47. The van der Waals surface area contributed by atoms with Crippen molar-refractivity contribution < 1.29 is 26.4 Å². The molecule has 2 aliphatic rings. The standard InChI is InChI=1S/C28H31N5O6S2/c1-40(35,36)24-15-25(41(2,37)38)23(14-22(24)27-30-26(31-32-27)13-19-9-12-39-17-19)28(34)33-10-7-21(8-11-33)20-5-3-18(16-29)4-6-20/h3-6,14-15,19,21H,7-13,17H2,1-2H3,(H,30,31,32). The van der Waals surface area contributed by atoms with E-state index >= 15 is 0 Å². The van der Waals surface area contributed by atoms with Crippen LogP contribution in [0.15, 0.2) is 46.2 Å². The maximum Gasteiger partial charge on any atom is 0.255 e. The summed E-state index contributed by atoms with van der Waals surface area (Å²) >= 11 is 0. The summed E-state index contributed by atoms with van der Waals surface area (Å²) in [5, 5.41) is 17.4. The molecule has 1 aromatic heterocycles. The molecule has 3 heterocycles. The number of amides is 1. The lowest BCUT2D eigenvalue weighted by Crippen LogP contribution is -2.38. The average molecular weight is 598 g/mol. The second kappa shape index (κ2) is 11.3. The average Bonchev–Trinajstić information content (AvgIpc) is 3.64. The third-order valence-electron chi connectivity index (χ3n) is 7.70. The van der Waals surface area contributed by atoms with Gasteiger partial charge in [0, 0.05) is 50.8 Å². The van der Waals surface area contributed by atoms with E-state index in [2.05, 4.69) is 21.3 Å². The first-order chi connectivity index (χ1) is 19.4. The van der Waals surface area contributed by atoms with E-state index in [0.29, 0.717) is 57.0 Å². The van der Waals surface area contributed by atoms with Gasteiger partial charge in [-0.15, -0.1) is 10.2 Å². The molecule has 0 saturated carbocycles. The van der Waals surface area contributed by atoms with Gasteiger partial charge in [0.05, 0.1) is 27.0 Å². The maximum absolute atomic E-state index is 13.8. The molecule has 2 aliphatic heterocycles. The van der Waals surface area contributed by atoms with Gasteiger partial charge in [-0.3, -0.25) is 4.79 Å². The molecule has 11 nitrogen and oxygen atoms in total. The largest absolute Gasteiger partial charge is 0.381 e. The summed E-state index contributed by atoms with van der Waals surface area (Å²) in [5.74, 6) is 0.671.